The molecule has 0 spiro atoms. The van der Waals surface area contributed by atoms with Crippen molar-refractivity contribution in [3.05, 3.63) is 113 Å². The van der Waals surface area contributed by atoms with Gasteiger partial charge in [0.1, 0.15) is 11.6 Å². The average Bonchev–Trinajstić information content (AvgIpc) is 3.19. The van der Waals surface area contributed by atoms with E-state index < -0.39 is 5.97 Å². The molecule has 31 heavy (non-hydrogen) atoms. The van der Waals surface area contributed by atoms with E-state index in [2.05, 4.69) is 9.97 Å². The number of rotatable bonds is 6. The van der Waals surface area contributed by atoms with Gasteiger partial charge in [0.25, 0.3) is 0 Å². The lowest BCUT2D eigenvalue weighted by atomic mass is 9.94. The Morgan fingerprint density at radius 1 is 1.06 bits per heavy atom. The van der Waals surface area contributed by atoms with Gasteiger partial charge in [0.05, 0.1) is 5.56 Å². The first-order valence-corrected chi connectivity index (χ1v) is 9.89. The number of aromatic nitrogens is 2. The Bertz CT molecular complexity index is 1240. The van der Waals surface area contributed by atoms with Crippen LogP contribution in [0.2, 0.25) is 0 Å². The molecule has 0 fully saturated rings. The molecule has 4 aromatic rings. The number of nitrogens with one attached hydrogen (secondary N) is 1. The normalized spacial score (nSPS) is 11.5. The van der Waals surface area contributed by atoms with E-state index in [1.165, 1.54) is 12.1 Å². The predicted octanol–water partition coefficient (Wildman–Crippen LogP) is 6.01. The van der Waals surface area contributed by atoms with E-state index >= 15 is 0 Å². The van der Waals surface area contributed by atoms with Crippen molar-refractivity contribution in [1.29, 1.82) is 0 Å². The van der Waals surface area contributed by atoms with Crippen LogP contribution >= 0.6 is 0 Å². The van der Waals surface area contributed by atoms with Crippen LogP contribution in [-0.2, 0) is 6.42 Å². The number of aryl methyl sites for hydroxylation is 1. The van der Waals surface area contributed by atoms with Gasteiger partial charge in [-0.3, -0.25) is 0 Å². The number of H-pyrrole nitrogens is 1. The molecule has 0 amide bonds. The third-order valence-electron chi connectivity index (χ3n) is 5.03. The zero-order valence-electron chi connectivity index (χ0n) is 17.0. The van der Waals surface area contributed by atoms with E-state index in [9.17, 15) is 14.3 Å². The van der Waals surface area contributed by atoms with Crippen molar-refractivity contribution in [3.63, 3.8) is 0 Å². The minimum Gasteiger partial charge on any atom is -0.478 e. The maximum atomic E-state index is 13.5. The lowest BCUT2D eigenvalue weighted by molar-refractivity contribution is 0.0697. The van der Waals surface area contributed by atoms with E-state index in [1.54, 1.807) is 30.5 Å². The molecule has 0 saturated carbocycles. The third-order valence-corrected chi connectivity index (χ3v) is 5.03. The first-order valence-electron chi connectivity index (χ1n) is 9.89. The number of carbonyl (C=O) groups is 1. The van der Waals surface area contributed by atoms with Crippen LogP contribution in [0.4, 0.5) is 4.39 Å². The number of allylic oxidation sites excluding steroid dienone is 1. The molecule has 0 aliphatic heterocycles. The number of hydrogen-bond acceptors (Lipinski definition) is 2. The molecule has 0 unspecified atom stereocenters. The van der Waals surface area contributed by atoms with Gasteiger partial charge in [-0.25, -0.2) is 14.2 Å². The molecular formula is C26H21FN2O2. The monoisotopic (exact) mass is 412 g/mol. The lowest BCUT2D eigenvalue weighted by Gasteiger charge is -2.11. The minimum absolute atomic E-state index is 0.244. The number of halogens is 1. The highest BCUT2D eigenvalue weighted by molar-refractivity contribution is 5.97. The second kappa shape index (κ2) is 8.79. The van der Waals surface area contributed by atoms with Gasteiger partial charge in [-0.05, 0) is 59.0 Å². The molecule has 154 valence electrons. The number of carboxylic acid groups (broad SMARTS) is 1. The van der Waals surface area contributed by atoms with Gasteiger partial charge < -0.3 is 10.1 Å². The van der Waals surface area contributed by atoms with Crippen molar-refractivity contribution in [1.82, 2.24) is 9.97 Å². The van der Waals surface area contributed by atoms with Crippen LogP contribution < -0.4 is 0 Å². The fourth-order valence-electron chi connectivity index (χ4n) is 3.53. The average molecular weight is 412 g/mol. The van der Waals surface area contributed by atoms with Crippen LogP contribution in [0.15, 0.2) is 79.0 Å². The molecule has 0 atom stereocenters. The molecule has 0 bridgehead atoms. The molecule has 1 aromatic heterocycles. The summed E-state index contributed by atoms with van der Waals surface area (Å²) in [5.41, 5.74) is 5.36. The van der Waals surface area contributed by atoms with Crippen molar-refractivity contribution >= 4 is 17.6 Å². The summed E-state index contributed by atoms with van der Waals surface area (Å²) < 4.78 is 13.5. The summed E-state index contributed by atoms with van der Waals surface area (Å²) in [5, 5.41) is 9.64. The number of carboxylic acids is 1. The molecular weight excluding hydrogens is 391 g/mol. The van der Waals surface area contributed by atoms with Crippen molar-refractivity contribution in [2.45, 2.75) is 13.3 Å². The molecule has 0 radical (unpaired) electrons. The Labute approximate surface area is 179 Å². The zero-order chi connectivity index (χ0) is 21.8. The van der Waals surface area contributed by atoms with Crippen molar-refractivity contribution in [2.24, 2.45) is 0 Å². The Morgan fingerprint density at radius 3 is 2.45 bits per heavy atom. The number of hydrogen-bond donors (Lipinski definition) is 2. The predicted molar refractivity (Wildman–Crippen MR) is 120 cm³/mol. The molecule has 4 nitrogen and oxygen atoms in total. The molecule has 3 aromatic carbocycles. The second-order valence-corrected chi connectivity index (χ2v) is 7.34. The molecule has 1 heterocycles. The van der Waals surface area contributed by atoms with E-state index in [4.69, 9.17) is 0 Å². The molecule has 0 saturated heterocycles. The fraction of sp³-hybridized carbons (Fsp3) is 0.0769. The van der Waals surface area contributed by atoms with Crippen LogP contribution in [-0.4, -0.2) is 21.0 Å². The number of benzene rings is 3. The van der Waals surface area contributed by atoms with Crippen molar-refractivity contribution in [3.8, 4) is 11.1 Å². The molecule has 0 aliphatic rings. The number of aromatic amines is 1. The summed E-state index contributed by atoms with van der Waals surface area (Å²) >= 11 is 0. The van der Waals surface area contributed by atoms with Crippen LogP contribution in [0.25, 0.3) is 22.8 Å². The van der Waals surface area contributed by atoms with Gasteiger partial charge >= 0.3 is 5.97 Å². The van der Waals surface area contributed by atoms with E-state index in [0.717, 1.165) is 33.8 Å². The fourth-order valence-corrected chi connectivity index (χ4v) is 3.53. The number of aromatic carboxylic acids is 1. The van der Waals surface area contributed by atoms with Crippen LogP contribution in [0.1, 0.15) is 33.0 Å². The van der Waals surface area contributed by atoms with Crippen LogP contribution in [0.5, 0.6) is 0 Å². The summed E-state index contributed by atoms with van der Waals surface area (Å²) in [6, 6.07) is 21.0. The lowest BCUT2D eigenvalue weighted by Crippen LogP contribution is -2.00. The number of imidazole rings is 1. The minimum atomic E-state index is -0.973. The summed E-state index contributed by atoms with van der Waals surface area (Å²) in [6.07, 6.45) is 4.29. The van der Waals surface area contributed by atoms with Gasteiger partial charge in [0, 0.05) is 18.3 Å². The molecule has 0 aliphatic carbocycles. The number of nitrogens with zero attached hydrogens (tertiary/aromatic N) is 1. The SMILES string of the molecule is Cc1cnc(CC(=Cc2ccc(C(=O)O)c(-c3ccccc3)c2)c2ccc(F)cc2)[nH]1. The van der Waals surface area contributed by atoms with Gasteiger partial charge in [-0.1, -0.05) is 54.6 Å². The van der Waals surface area contributed by atoms with Crippen LogP contribution in [0, 0.1) is 12.7 Å². The van der Waals surface area contributed by atoms with E-state index in [-0.39, 0.29) is 11.4 Å². The summed E-state index contributed by atoms with van der Waals surface area (Å²) in [7, 11) is 0. The second-order valence-electron chi connectivity index (χ2n) is 7.34. The Balaban J connectivity index is 1.81. The van der Waals surface area contributed by atoms with Gasteiger partial charge in [-0.15, -0.1) is 0 Å². The Morgan fingerprint density at radius 2 is 1.81 bits per heavy atom. The molecule has 5 heteroatoms. The van der Waals surface area contributed by atoms with Gasteiger partial charge in [0.15, 0.2) is 0 Å². The van der Waals surface area contributed by atoms with Crippen molar-refractivity contribution in [2.75, 3.05) is 0 Å². The van der Waals surface area contributed by atoms with Gasteiger partial charge in [0.2, 0.25) is 0 Å². The summed E-state index contributed by atoms with van der Waals surface area (Å²) in [5.74, 6) is -0.466. The largest absolute Gasteiger partial charge is 0.478 e. The Kier molecular flexibility index (Phi) is 5.76. The first-order chi connectivity index (χ1) is 15.0. The smallest absolute Gasteiger partial charge is 0.336 e. The van der Waals surface area contributed by atoms with E-state index in [1.807, 2.05) is 49.4 Å². The van der Waals surface area contributed by atoms with Gasteiger partial charge in [-0.2, -0.15) is 0 Å². The highest BCUT2D eigenvalue weighted by atomic mass is 19.1. The quantitative estimate of drug-likeness (QED) is 0.381. The highest BCUT2D eigenvalue weighted by Crippen LogP contribution is 2.28. The molecule has 4 rings (SSSR count). The standard InChI is InChI=1S/C26H21FN2O2/c1-17-16-28-25(29-17)15-21(19-8-10-22(27)11-9-19)13-18-7-12-23(26(30)31)24(14-18)20-5-3-2-4-6-20/h2-14,16H,15H2,1H3,(H,28,29)(H,30,31). The topological polar surface area (TPSA) is 66.0 Å². The maximum Gasteiger partial charge on any atom is 0.336 e. The third kappa shape index (κ3) is 4.78. The Hall–Kier alpha value is -3.99. The van der Waals surface area contributed by atoms with Crippen LogP contribution in [0.3, 0.4) is 0 Å². The highest BCUT2D eigenvalue weighted by Gasteiger charge is 2.13. The van der Waals surface area contributed by atoms with Crippen molar-refractivity contribution < 1.29 is 14.3 Å². The maximum absolute atomic E-state index is 13.5. The van der Waals surface area contributed by atoms with E-state index in [0.29, 0.717) is 12.0 Å². The zero-order valence-corrected chi connectivity index (χ0v) is 17.0. The summed E-state index contributed by atoms with van der Waals surface area (Å²) in [6.45, 7) is 1.94. The first kappa shape index (κ1) is 20.3. The molecule has 2 N–H and O–H groups in total. The summed E-state index contributed by atoms with van der Waals surface area (Å²) in [4.78, 5) is 19.4.